The third-order valence-corrected chi connectivity index (χ3v) is 2.84. The molecular formula is C15H13NO5. The number of ether oxygens (including phenoxy) is 1. The van der Waals surface area contributed by atoms with Crippen LogP contribution in [0.3, 0.4) is 0 Å². The van der Waals surface area contributed by atoms with Crippen LogP contribution in [0, 0.1) is 0 Å². The van der Waals surface area contributed by atoms with Crippen molar-refractivity contribution in [3.63, 3.8) is 0 Å². The van der Waals surface area contributed by atoms with E-state index in [1.165, 1.54) is 25.3 Å². The number of carboxylic acid groups (broad SMARTS) is 1. The Kier molecular flexibility index (Phi) is 4.08. The molecule has 108 valence electrons. The van der Waals surface area contributed by atoms with E-state index in [1.807, 2.05) is 0 Å². The number of aromatic carboxylic acids is 1. The number of carbonyl (C=O) groups is 2. The van der Waals surface area contributed by atoms with E-state index < -0.39 is 5.97 Å². The fraction of sp³-hybridized carbons (Fsp3) is 0.0667. The molecule has 6 heteroatoms. The van der Waals surface area contributed by atoms with E-state index in [4.69, 9.17) is 9.84 Å². The second-order valence-corrected chi connectivity index (χ2v) is 4.22. The van der Waals surface area contributed by atoms with Crippen LogP contribution >= 0.6 is 0 Å². The molecule has 0 aliphatic heterocycles. The van der Waals surface area contributed by atoms with Crippen molar-refractivity contribution in [1.29, 1.82) is 0 Å². The molecule has 0 aromatic heterocycles. The monoisotopic (exact) mass is 287 g/mol. The lowest BCUT2D eigenvalue weighted by Crippen LogP contribution is -2.12. The number of carboxylic acids is 1. The van der Waals surface area contributed by atoms with Crippen molar-refractivity contribution in [3.8, 4) is 11.5 Å². The first-order valence-electron chi connectivity index (χ1n) is 6.03. The van der Waals surface area contributed by atoms with Crippen LogP contribution in [0.1, 0.15) is 20.7 Å². The van der Waals surface area contributed by atoms with Gasteiger partial charge in [0, 0.05) is 11.3 Å². The third kappa shape index (κ3) is 3.30. The van der Waals surface area contributed by atoms with Crippen molar-refractivity contribution >= 4 is 17.6 Å². The van der Waals surface area contributed by atoms with Crippen molar-refractivity contribution in [1.82, 2.24) is 0 Å². The van der Waals surface area contributed by atoms with Crippen LogP contribution in [0.15, 0.2) is 42.5 Å². The number of anilines is 1. The number of hydrogen-bond acceptors (Lipinski definition) is 4. The van der Waals surface area contributed by atoms with Gasteiger partial charge in [0.1, 0.15) is 17.1 Å². The Labute approximate surface area is 120 Å². The number of benzene rings is 2. The molecule has 0 fully saturated rings. The molecule has 2 rings (SSSR count). The van der Waals surface area contributed by atoms with Crippen LogP contribution < -0.4 is 10.1 Å². The largest absolute Gasteiger partial charge is 0.507 e. The van der Waals surface area contributed by atoms with Gasteiger partial charge >= 0.3 is 5.97 Å². The summed E-state index contributed by atoms with van der Waals surface area (Å²) < 4.78 is 5.00. The van der Waals surface area contributed by atoms with Crippen molar-refractivity contribution < 1.29 is 24.5 Å². The quantitative estimate of drug-likeness (QED) is 0.750. The Bertz CT molecular complexity index is 679. The maximum atomic E-state index is 12.0. The Morgan fingerprint density at radius 3 is 2.33 bits per heavy atom. The fourth-order valence-electron chi connectivity index (χ4n) is 1.73. The van der Waals surface area contributed by atoms with E-state index >= 15 is 0 Å². The summed E-state index contributed by atoms with van der Waals surface area (Å²) in [5.41, 5.74) is 0.411. The van der Waals surface area contributed by atoms with Gasteiger partial charge < -0.3 is 20.3 Å². The number of aromatic hydroxyl groups is 1. The minimum Gasteiger partial charge on any atom is -0.507 e. The van der Waals surface area contributed by atoms with Gasteiger partial charge in [-0.15, -0.1) is 0 Å². The zero-order valence-corrected chi connectivity index (χ0v) is 11.2. The lowest BCUT2D eigenvalue weighted by Gasteiger charge is -2.08. The van der Waals surface area contributed by atoms with Gasteiger partial charge in [-0.05, 0) is 42.5 Å². The average molecular weight is 287 g/mol. The topological polar surface area (TPSA) is 95.9 Å². The first-order chi connectivity index (χ1) is 10.0. The number of carbonyl (C=O) groups excluding carboxylic acids is 1. The Balaban J connectivity index is 2.19. The van der Waals surface area contributed by atoms with Gasteiger partial charge in [-0.3, -0.25) is 4.79 Å². The normalized spacial score (nSPS) is 9.95. The summed E-state index contributed by atoms with van der Waals surface area (Å²) in [5.74, 6) is -1.39. The van der Waals surface area contributed by atoms with Crippen molar-refractivity contribution in [3.05, 3.63) is 53.6 Å². The predicted molar refractivity (Wildman–Crippen MR) is 76.0 cm³/mol. The zero-order chi connectivity index (χ0) is 15.4. The van der Waals surface area contributed by atoms with Crippen LogP contribution in [-0.4, -0.2) is 29.2 Å². The summed E-state index contributed by atoms with van der Waals surface area (Å²) in [6, 6.07) is 10.3. The minimum atomic E-state index is -1.27. The van der Waals surface area contributed by atoms with Crippen LogP contribution in [-0.2, 0) is 0 Å². The molecule has 21 heavy (non-hydrogen) atoms. The number of rotatable bonds is 4. The molecule has 0 spiro atoms. The Morgan fingerprint density at radius 1 is 1.10 bits per heavy atom. The van der Waals surface area contributed by atoms with E-state index in [0.29, 0.717) is 11.3 Å². The summed E-state index contributed by atoms with van der Waals surface area (Å²) in [7, 11) is 1.53. The molecule has 0 heterocycles. The van der Waals surface area contributed by atoms with Gasteiger partial charge in [0.25, 0.3) is 5.91 Å². The number of methoxy groups -OCH3 is 1. The van der Waals surface area contributed by atoms with E-state index in [9.17, 15) is 14.7 Å². The van der Waals surface area contributed by atoms with Crippen molar-refractivity contribution in [2.45, 2.75) is 0 Å². The highest BCUT2D eigenvalue weighted by Gasteiger charge is 2.12. The van der Waals surface area contributed by atoms with Crippen LogP contribution in [0.2, 0.25) is 0 Å². The summed E-state index contributed by atoms with van der Waals surface area (Å²) in [6.45, 7) is 0. The Morgan fingerprint density at radius 2 is 1.76 bits per heavy atom. The molecule has 0 radical (unpaired) electrons. The molecule has 0 aliphatic carbocycles. The highest BCUT2D eigenvalue weighted by molar-refractivity contribution is 6.05. The van der Waals surface area contributed by atoms with Crippen LogP contribution in [0.4, 0.5) is 5.69 Å². The van der Waals surface area contributed by atoms with Gasteiger partial charge in [-0.1, -0.05) is 0 Å². The SMILES string of the molecule is COc1ccc(C(=O)Nc2ccc(O)c(C(=O)O)c2)cc1. The number of nitrogens with one attached hydrogen (secondary N) is 1. The van der Waals surface area contributed by atoms with Crippen LogP contribution in [0.25, 0.3) is 0 Å². The highest BCUT2D eigenvalue weighted by atomic mass is 16.5. The van der Waals surface area contributed by atoms with Crippen molar-refractivity contribution in [2.75, 3.05) is 12.4 Å². The lowest BCUT2D eigenvalue weighted by atomic mass is 10.1. The van der Waals surface area contributed by atoms with E-state index in [0.717, 1.165) is 0 Å². The summed E-state index contributed by atoms with van der Waals surface area (Å²) >= 11 is 0. The molecule has 2 aromatic rings. The molecule has 6 nitrogen and oxygen atoms in total. The highest BCUT2D eigenvalue weighted by Crippen LogP contribution is 2.22. The maximum absolute atomic E-state index is 12.0. The molecule has 0 aliphatic rings. The number of hydrogen-bond donors (Lipinski definition) is 3. The van der Waals surface area contributed by atoms with E-state index in [1.54, 1.807) is 24.3 Å². The van der Waals surface area contributed by atoms with Gasteiger partial charge in [0.15, 0.2) is 0 Å². The summed E-state index contributed by atoms with van der Waals surface area (Å²) in [4.78, 5) is 22.9. The lowest BCUT2D eigenvalue weighted by molar-refractivity contribution is 0.0693. The second-order valence-electron chi connectivity index (χ2n) is 4.22. The third-order valence-electron chi connectivity index (χ3n) is 2.84. The van der Waals surface area contributed by atoms with Gasteiger partial charge in [0.05, 0.1) is 7.11 Å². The van der Waals surface area contributed by atoms with E-state index in [-0.39, 0.29) is 22.9 Å². The smallest absolute Gasteiger partial charge is 0.339 e. The average Bonchev–Trinajstić information content (AvgIpc) is 2.49. The minimum absolute atomic E-state index is 0.275. The molecule has 0 unspecified atom stereocenters. The standard InChI is InChI=1S/C15H13NO5/c1-21-11-5-2-9(3-6-11)14(18)16-10-4-7-13(17)12(8-10)15(19)20/h2-8,17H,1H3,(H,16,18)(H,19,20). The molecule has 2 aromatic carbocycles. The summed E-state index contributed by atoms with van der Waals surface area (Å²) in [6.07, 6.45) is 0. The molecule has 0 saturated carbocycles. The van der Waals surface area contributed by atoms with Gasteiger partial charge in [-0.2, -0.15) is 0 Å². The number of amides is 1. The van der Waals surface area contributed by atoms with Gasteiger partial charge in [-0.25, -0.2) is 4.79 Å². The first-order valence-corrected chi connectivity index (χ1v) is 6.03. The van der Waals surface area contributed by atoms with Crippen molar-refractivity contribution in [2.24, 2.45) is 0 Å². The molecular weight excluding hydrogens is 274 g/mol. The molecule has 0 saturated heterocycles. The first kappa shape index (κ1) is 14.4. The summed E-state index contributed by atoms with van der Waals surface area (Å²) in [5, 5.41) is 20.9. The zero-order valence-electron chi connectivity index (χ0n) is 11.2. The Hall–Kier alpha value is -3.02. The fourth-order valence-corrected chi connectivity index (χ4v) is 1.73. The second kappa shape index (κ2) is 5.96. The van der Waals surface area contributed by atoms with Crippen LogP contribution in [0.5, 0.6) is 11.5 Å². The van der Waals surface area contributed by atoms with Gasteiger partial charge in [0.2, 0.25) is 0 Å². The molecule has 3 N–H and O–H groups in total. The van der Waals surface area contributed by atoms with E-state index in [2.05, 4.69) is 5.32 Å². The molecule has 0 atom stereocenters. The maximum Gasteiger partial charge on any atom is 0.339 e. The molecule has 0 bridgehead atoms. The molecule has 1 amide bonds. The predicted octanol–water partition coefficient (Wildman–Crippen LogP) is 2.35. The number of phenols is 1.